The number of anilines is 1. The second-order valence-electron chi connectivity index (χ2n) is 10.5. The normalized spacial score (nSPS) is 37.7. The molecule has 7 rings (SSSR count). The molecule has 7 heterocycles. The molecule has 3 fully saturated rings. The topological polar surface area (TPSA) is 257 Å². The molecule has 45 heavy (non-hydrogen) atoms. The predicted octanol–water partition coefficient (Wildman–Crippen LogP) is -0.777. The van der Waals surface area contributed by atoms with Gasteiger partial charge in [0.25, 0.3) is 5.56 Å². The molecule has 3 aliphatic heterocycles. The predicted molar refractivity (Wildman–Crippen MR) is 159 cm³/mol. The highest BCUT2D eigenvalue weighted by Gasteiger charge is 2.52. The van der Waals surface area contributed by atoms with Crippen LogP contribution in [-0.2, 0) is 51.2 Å². The van der Waals surface area contributed by atoms with Gasteiger partial charge in [-0.1, -0.05) is 0 Å². The fourth-order valence-corrected chi connectivity index (χ4v) is 8.39. The summed E-state index contributed by atoms with van der Waals surface area (Å²) in [5.41, 5.74) is 6.30. The molecule has 0 saturated carbocycles. The fraction of sp³-hybridized carbons (Fsp3) is 0.500. The highest BCUT2D eigenvalue weighted by atomic mass is 32.5. The van der Waals surface area contributed by atoms with Crippen molar-refractivity contribution >= 4 is 65.1 Å². The number of aromatic amines is 1. The number of nitrogen functional groups attached to an aromatic ring is 1. The molecular weight excluding hydrogens is 678 g/mol. The number of hydrogen-bond acceptors (Lipinski definition) is 16. The molecule has 2 unspecified atom stereocenters. The van der Waals surface area contributed by atoms with Crippen LogP contribution in [0.25, 0.3) is 22.2 Å². The van der Waals surface area contributed by atoms with Crippen LogP contribution in [0.15, 0.2) is 29.7 Å². The third-order valence-electron chi connectivity index (χ3n) is 7.56. The zero-order chi connectivity index (χ0) is 31.8. The molecule has 0 amide bonds. The second kappa shape index (κ2) is 11.4. The Morgan fingerprint density at radius 1 is 0.956 bits per heavy atom. The van der Waals surface area contributed by atoms with E-state index in [9.17, 15) is 24.8 Å². The van der Waals surface area contributed by atoms with Crippen LogP contribution in [0.3, 0.4) is 0 Å². The van der Waals surface area contributed by atoms with E-state index in [0.717, 1.165) is 0 Å². The molecule has 242 valence electrons. The molecule has 0 spiro atoms. The lowest BCUT2D eigenvalue weighted by Gasteiger charge is -2.28. The Morgan fingerprint density at radius 2 is 1.64 bits per heavy atom. The zero-order valence-corrected chi connectivity index (χ0v) is 26.4. The number of ether oxygens (including phenoxy) is 2. The van der Waals surface area contributed by atoms with Crippen molar-refractivity contribution in [2.45, 2.75) is 56.0 Å². The third-order valence-corrected chi connectivity index (χ3v) is 10.7. The number of fused-ring (bicyclic) bond motifs is 5. The largest absolute Gasteiger partial charge is 0.387 e. The van der Waals surface area contributed by atoms with E-state index in [2.05, 4.69) is 24.9 Å². The Bertz CT molecular complexity index is 1940. The Balaban J connectivity index is 1.21. The number of hydrogen-bond donors (Lipinski definition) is 6. The van der Waals surface area contributed by atoms with Crippen molar-refractivity contribution in [2.24, 2.45) is 0 Å². The van der Waals surface area contributed by atoms with Crippen LogP contribution < -0.4 is 11.3 Å². The Morgan fingerprint density at radius 3 is 2.40 bits per heavy atom. The third kappa shape index (κ3) is 5.66. The van der Waals surface area contributed by atoms with Gasteiger partial charge in [0.2, 0.25) is 0 Å². The van der Waals surface area contributed by atoms with Crippen molar-refractivity contribution in [1.82, 2.24) is 34.1 Å². The lowest BCUT2D eigenvalue weighted by Crippen LogP contribution is -2.36. The van der Waals surface area contributed by atoms with Gasteiger partial charge in [0.05, 0.1) is 31.3 Å². The Labute approximate surface area is 262 Å². The van der Waals surface area contributed by atoms with Crippen LogP contribution in [-0.4, -0.2) is 104 Å². The van der Waals surface area contributed by atoms with Gasteiger partial charge in [-0.2, -0.15) is 0 Å². The molecule has 4 aromatic rings. The fourth-order valence-electron chi connectivity index (χ4n) is 5.54. The summed E-state index contributed by atoms with van der Waals surface area (Å²) >= 11 is 10.5. The molecule has 3 aliphatic rings. The standard InChI is InChI=1S/C22H26N8O11P2S2/c1-8-27-17(23)12-19(28-8)30(7-26-12)21-14(32)15-11(39-21)5-37-43(35,45)41-16-13(31)10(4-36-42(34,44)40-15)38-22(16)29-3-2-9-18(29)24-6-25-20(9)33/h2-3,6-7,10-11,13-16,21-22,31-32H,4-5H2,1H3,(H,34,44)(H,35,45)(H2,23,27,28)(H,24,25,33)/t10-,11-,13-,14-,15-,16-,21-,22-,42?,43?/m1/s1. The zero-order valence-electron chi connectivity index (χ0n) is 23.0. The molecule has 4 aromatic heterocycles. The molecule has 19 nitrogen and oxygen atoms in total. The van der Waals surface area contributed by atoms with E-state index in [0.29, 0.717) is 5.82 Å². The highest BCUT2D eigenvalue weighted by molar-refractivity contribution is 8.07. The highest BCUT2D eigenvalue weighted by Crippen LogP contribution is 2.54. The van der Waals surface area contributed by atoms with Crippen LogP contribution in [0.2, 0.25) is 0 Å². The first kappa shape index (κ1) is 31.3. The number of H-pyrrole nitrogens is 1. The number of rotatable bonds is 2. The maximum absolute atomic E-state index is 12.3. The summed E-state index contributed by atoms with van der Waals surface area (Å²) in [4.78, 5) is 53.7. The van der Waals surface area contributed by atoms with E-state index in [1.54, 1.807) is 6.92 Å². The number of nitrogens with zero attached hydrogens (tertiary/aromatic N) is 6. The van der Waals surface area contributed by atoms with Gasteiger partial charge in [-0.05, 0) is 36.6 Å². The van der Waals surface area contributed by atoms with Gasteiger partial charge in [0.1, 0.15) is 53.6 Å². The van der Waals surface area contributed by atoms with E-state index in [-0.39, 0.29) is 28.0 Å². The number of nitrogens with two attached hydrogens (primary N) is 1. The first-order chi connectivity index (χ1) is 21.3. The first-order valence-electron chi connectivity index (χ1n) is 13.3. The van der Waals surface area contributed by atoms with Gasteiger partial charge in [-0.25, -0.2) is 19.9 Å². The van der Waals surface area contributed by atoms with Gasteiger partial charge in [-0.15, -0.1) is 0 Å². The monoisotopic (exact) mass is 704 g/mol. The maximum Gasteiger partial charge on any atom is 0.325 e. The number of nitrogens with one attached hydrogen (secondary N) is 1. The van der Waals surface area contributed by atoms with Crippen molar-refractivity contribution < 1.29 is 47.6 Å². The van der Waals surface area contributed by atoms with E-state index in [1.807, 2.05) is 0 Å². The molecule has 7 N–H and O–H groups in total. The van der Waals surface area contributed by atoms with Crippen LogP contribution in [0, 0.1) is 6.92 Å². The summed E-state index contributed by atoms with van der Waals surface area (Å²) < 4.78 is 37.6. The van der Waals surface area contributed by atoms with Crippen molar-refractivity contribution in [3.63, 3.8) is 0 Å². The second-order valence-corrected chi connectivity index (χ2v) is 16.0. The minimum absolute atomic E-state index is 0.121. The Kier molecular flexibility index (Phi) is 7.94. The van der Waals surface area contributed by atoms with Crippen molar-refractivity contribution in [3.05, 3.63) is 41.1 Å². The van der Waals surface area contributed by atoms with Gasteiger partial charge in [0, 0.05) is 6.20 Å². The van der Waals surface area contributed by atoms with Crippen LogP contribution in [0.4, 0.5) is 5.82 Å². The quantitative estimate of drug-likeness (QED) is 0.140. The molecule has 23 heteroatoms. The number of aliphatic hydroxyl groups excluding tert-OH is 2. The van der Waals surface area contributed by atoms with Gasteiger partial charge in [-0.3, -0.25) is 18.4 Å². The lowest BCUT2D eigenvalue weighted by atomic mass is 10.1. The number of aromatic nitrogens is 7. The van der Waals surface area contributed by atoms with Gasteiger partial charge < -0.3 is 53.8 Å². The van der Waals surface area contributed by atoms with Crippen molar-refractivity contribution in [3.8, 4) is 0 Å². The number of aryl methyl sites for hydroxylation is 1. The smallest absolute Gasteiger partial charge is 0.325 e. The summed E-state index contributed by atoms with van der Waals surface area (Å²) in [6.07, 6.45) is -6.38. The summed E-state index contributed by atoms with van der Waals surface area (Å²) in [6.45, 7) is -7.70. The minimum atomic E-state index is -4.18. The van der Waals surface area contributed by atoms with Crippen molar-refractivity contribution in [2.75, 3.05) is 18.9 Å². The minimum Gasteiger partial charge on any atom is -0.387 e. The SMILES string of the molecule is Cc1nc(N)c2ncn([C@@H]3O[C@@H]4COP(O)(=S)O[C@@H]5[C@H](O)[C@@H](COP(O)(=S)O[C@H]4[C@H]3O)O[C@H]5n3ccc4c(=O)[nH]cnc43)c2n1. The number of aliphatic hydroxyl groups is 2. The van der Waals surface area contributed by atoms with E-state index in [1.165, 1.54) is 34.1 Å². The summed E-state index contributed by atoms with van der Waals surface area (Å²) in [7, 11) is 0. The van der Waals surface area contributed by atoms with Crippen LogP contribution >= 0.6 is 13.4 Å². The lowest BCUT2D eigenvalue weighted by molar-refractivity contribution is -0.0605. The average Bonchev–Trinajstić information content (AvgIpc) is 3.72. The number of imidazole rings is 1. The van der Waals surface area contributed by atoms with Crippen molar-refractivity contribution in [1.29, 1.82) is 0 Å². The summed E-state index contributed by atoms with van der Waals surface area (Å²) in [6, 6.07) is 1.49. The maximum atomic E-state index is 12.3. The molecule has 0 radical (unpaired) electrons. The molecule has 3 saturated heterocycles. The van der Waals surface area contributed by atoms with Gasteiger partial charge in [0.15, 0.2) is 23.9 Å². The molecule has 0 aromatic carbocycles. The average molecular weight is 705 g/mol. The molecule has 2 bridgehead atoms. The first-order valence-corrected chi connectivity index (χ1v) is 18.5. The van der Waals surface area contributed by atoms with Crippen LogP contribution in [0.1, 0.15) is 18.3 Å². The molecule has 10 atom stereocenters. The Hall–Kier alpha value is -2.33. The summed E-state index contributed by atoms with van der Waals surface area (Å²) in [5.74, 6) is 0.470. The molecule has 0 aliphatic carbocycles. The van der Waals surface area contributed by atoms with E-state index >= 15 is 0 Å². The van der Waals surface area contributed by atoms with E-state index in [4.69, 9.17) is 56.9 Å². The van der Waals surface area contributed by atoms with E-state index < -0.39 is 81.3 Å². The summed E-state index contributed by atoms with van der Waals surface area (Å²) in [5, 5.41) is 22.7. The molecular formula is C22H26N8O11P2S2. The van der Waals surface area contributed by atoms with Crippen LogP contribution in [0.5, 0.6) is 0 Å². The van der Waals surface area contributed by atoms with Gasteiger partial charge >= 0.3 is 13.4 Å².